The van der Waals surface area contributed by atoms with Gasteiger partial charge in [0.2, 0.25) is 5.88 Å². The number of ketones is 1. The molecule has 0 fully saturated rings. The van der Waals surface area contributed by atoms with Gasteiger partial charge >= 0.3 is 0 Å². The SMILES string of the molecule is COc1cc([C@H]2CC(=O)C3=C(C2)Nc2onc(C)c2[C@H]3c2cccc(C)c2)ccc1O. The molecule has 3 aromatic rings. The lowest BCUT2D eigenvalue weighted by atomic mass is 9.72. The minimum absolute atomic E-state index is 0.0167. The van der Waals surface area contributed by atoms with Crippen molar-refractivity contribution >= 4 is 11.7 Å². The van der Waals surface area contributed by atoms with Gasteiger partial charge in [-0.25, -0.2) is 0 Å². The van der Waals surface area contributed by atoms with E-state index < -0.39 is 0 Å². The second-order valence-electron chi connectivity index (χ2n) is 8.33. The third kappa shape index (κ3) is 3.19. The zero-order chi connectivity index (χ0) is 21.7. The Labute approximate surface area is 180 Å². The lowest BCUT2D eigenvalue weighted by Crippen LogP contribution is -2.29. The molecule has 0 saturated heterocycles. The molecule has 2 aliphatic rings. The van der Waals surface area contributed by atoms with Crippen molar-refractivity contribution in [2.75, 3.05) is 12.4 Å². The maximum absolute atomic E-state index is 13.5. The van der Waals surface area contributed by atoms with Crippen LogP contribution in [0.25, 0.3) is 0 Å². The fraction of sp³-hybridized carbons (Fsp3) is 0.280. The number of fused-ring (bicyclic) bond motifs is 1. The van der Waals surface area contributed by atoms with Crippen molar-refractivity contribution in [2.45, 2.75) is 38.5 Å². The number of benzene rings is 2. The molecule has 158 valence electrons. The molecule has 0 bridgehead atoms. The van der Waals surface area contributed by atoms with Crippen LogP contribution in [0.5, 0.6) is 11.5 Å². The largest absolute Gasteiger partial charge is 0.504 e. The summed E-state index contributed by atoms with van der Waals surface area (Å²) < 4.78 is 10.8. The van der Waals surface area contributed by atoms with Gasteiger partial charge in [-0.05, 0) is 49.4 Å². The van der Waals surface area contributed by atoms with Gasteiger partial charge in [0.25, 0.3) is 0 Å². The second-order valence-corrected chi connectivity index (χ2v) is 8.33. The average molecular weight is 416 g/mol. The van der Waals surface area contributed by atoms with E-state index in [9.17, 15) is 9.90 Å². The van der Waals surface area contributed by atoms with Gasteiger partial charge in [-0.1, -0.05) is 41.1 Å². The number of carbonyl (C=O) groups is 1. The first-order chi connectivity index (χ1) is 15.0. The number of rotatable bonds is 3. The molecule has 5 rings (SSSR count). The first-order valence-electron chi connectivity index (χ1n) is 10.4. The molecule has 1 aliphatic heterocycles. The number of aryl methyl sites for hydroxylation is 2. The van der Waals surface area contributed by atoms with Crippen LogP contribution < -0.4 is 10.1 Å². The highest BCUT2D eigenvalue weighted by atomic mass is 16.5. The van der Waals surface area contributed by atoms with E-state index >= 15 is 0 Å². The number of aromatic hydroxyl groups is 1. The van der Waals surface area contributed by atoms with Crippen LogP contribution in [-0.4, -0.2) is 23.2 Å². The third-order valence-electron chi connectivity index (χ3n) is 6.31. The van der Waals surface area contributed by atoms with Gasteiger partial charge in [0.05, 0.1) is 18.4 Å². The number of ether oxygens (including phenoxy) is 1. The van der Waals surface area contributed by atoms with Gasteiger partial charge in [-0.3, -0.25) is 4.79 Å². The van der Waals surface area contributed by atoms with E-state index in [4.69, 9.17) is 9.26 Å². The fourth-order valence-electron chi connectivity index (χ4n) is 4.84. The van der Waals surface area contributed by atoms with E-state index in [2.05, 4.69) is 35.6 Å². The Balaban J connectivity index is 1.60. The molecule has 2 atom stereocenters. The number of hydrogen-bond acceptors (Lipinski definition) is 6. The molecule has 1 aromatic heterocycles. The summed E-state index contributed by atoms with van der Waals surface area (Å²) in [4.78, 5) is 13.5. The van der Waals surface area contributed by atoms with Crippen LogP contribution in [0.2, 0.25) is 0 Å². The molecule has 0 saturated carbocycles. The van der Waals surface area contributed by atoms with Crippen molar-refractivity contribution in [3.63, 3.8) is 0 Å². The number of Topliss-reactive ketones (excluding diaryl/α,β-unsaturated/α-hetero) is 1. The van der Waals surface area contributed by atoms with Crippen molar-refractivity contribution in [1.82, 2.24) is 5.16 Å². The van der Waals surface area contributed by atoms with Gasteiger partial charge in [-0.2, -0.15) is 0 Å². The third-order valence-corrected chi connectivity index (χ3v) is 6.31. The summed E-state index contributed by atoms with van der Waals surface area (Å²) in [6.07, 6.45) is 1.06. The normalized spacial score (nSPS) is 20.2. The van der Waals surface area contributed by atoms with Crippen molar-refractivity contribution in [3.8, 4) is 11.5 Å². The molecular weight excluding hydrogens is 392 g/mol. The Morgan fingerprint density at radius 2 is 1.97 bits per heavy atom. The molecule has 6 nitrogen and oxygen atoms in total. The molecule has 0 unspecified atom stereocenters. The van der Waals surface area contributed by atoms with E-state index in [0.717, 1.165) is 39.2 Å². The quantitative estimate of drug-likeness (QED) is 0.628. The zero-order valence-corrected chi connectivity index (χ0v) is 17.7. The predicted octanol–water partition coefficient (Wildman–Crippen LogP) is 4.96. The molecule has 0 spiro atoms. The molecule has 2 aromatic carbocycles. The Hall–Kier alpha value is -3.54. The second kappa shape index (κ2) is 7.30. The molecular formula is C25H24N2O4. The van der Waals surface area contributed by atoms with Gasteiger partial charge in [-0.15, -0.1) is 0 Å². The first kappa shape index (κ1) is 19.4. The van der Waals surface area contributed by atoms with E-state index in [1.165, 1.54) is 7.11 Å². The number of anilines is 1. The molecule has 6 heteroatoms. The van der Waals surface area contributed by atoms with Crippen molar-refractivity contribution < 1.29 is 19.2 Å². The standard InChI is InChI=1S/C25H24N2O4/c1-13-5-4-6-16(9-13)23-22-14(2)27-31-25(22)26-18-10-17(11-20(29)24(18)23)15-7-8-19(28)21(12-15)30-3/h4-9,12,17,23,26,28H,10-11H2,1-3H3/t17-,23-/m1/s1. The van der Waals surface area contributed by atoms with Crippen LogP contribution in [0.15, 0.2) is 58.3 Å². The molecule has 2 N–H and O–H groups in total. The summed E-state index contributed by atoms with van der Waals surface area (Å²) >= 11 is 0. The van der Waals surface area contributed by atoms with E-state index in [1.54, 1.807) is 6.07 Å². The Morgan fingerprint density at radius 1 is 1.13 bits per heavy atom. The van der Waals surface area contributed by atoms with Crippen molar-refractivity contribution in [1.29, 1.82) is 0 Å². The number of nitrogens with zero attached hydrogens (tertiary/aromatic N) is 1. The lowest BCUT2D eigenvalue weighted by Gasteiger charge is -2.34. The highest BCUT2D eigenvalue weighted by Gasteiger charge is 2.41. The van der Waals surface area contributed by atoms with E-state index in [0.29, 0.717) is 24.5 Å². The molecule has 2 heterocycles. The molecule has 0 radical (unpaired) electrons. The number of allylic oxidation sites excluding steroid dienone is 2. The van der Waals surface area contributed by atoms with Crippen LogP contribution in [0.3, 0.4) is 0 Å². The van der Waals surface area contributed by atoms with Gasteiger partial charge < -0.3 is 19.7 Å². The summed E-state index contributed by atoms with van der Waals surface area (Å²) in [5.74, 6) is 1.01. The van der Waals surface area contributed by atoms with Crippen LogP contribution >= 0.6 is 0 Å². The summed E-state index contributed by atoms with van der Waals surface area (Å²) in [5, 5.41) is 17.5. The van der Waals surface area contributed by atoms with E-state index in [-0.39, 0.29) is 23.4 Å². The number of hydrogen-bond donors (Lipinski definition) is 2. The van der Waals surface area contributed by atoms with Crippen molar-refractivity contribution in [2.24, 2.45) is 0 Å². The minimum Gasteiger partial charge on any atom is -0.504 e. The average Bonchev–Trinajstić information content (AvgIpc) is 3.12. The van der Waals surface area contributed by atoms with Crippen LogP contribution in [0, 0.1) is 13.8 Å². The number of carbonyl (C=O) groups excluding carboxylic acids is 1. The fourth-order valence-corrected chi connectivity index (χ4v) is 4.84. The minimum atomic E-state index is -0.194. The predicted molar refractivity (Wildman–Crippen MR) is 117 cm³/mol. The number of phenolic OH excluding ortho intramolecular Hbond substituents is 1. The Kier molecular flexibility index (Phi) is 4.58. The first-order valence-corrected chi connectivity index (χ1v) is 10.4. The summed E-state index contributed by atoms with van der Waals surface area (Å²) in [6.45, 7) is 3.97. The van der Waals surface area contributed by atoms with Gasteiger partial charge in [0.15, 0.2) is 17.3 Å². The van der Waals surface area contributed by atoms with Crippen LogP contribution in [0.4, 0.5) is 5.88 Å². The summed E-state index contributed by atoms with van der Waals surface area (Å²) in [6, 6.07) is 13.5. The van der Waals surface area contributed by atoms with Gasteiger partial charge in [0.1, 0.15) is 0 Å². The van der Waals surface area contributed by atoms with E-state index in [1.807, 2.05) is 25.1 Å². The smallest absolute Gasteiger partial charge is 0.233 e. The lowest BCUT2D eigenvalue weighted by molar-refractivity contribution is -0.116. The molecule has 31 heavy (non-hydrogen) atoms. The topological polar surface area (TPSA) is 84.6 Å². The van der Waals surface area contributed by atoms with Gasteiger partial charge in [0, 0.05) is 23.6 Å². The maximum atomic E-state index is 13.5. The zero-order valence-electron chi connectivity index (χ0n) is 17.7. The Bertz CT molecular complexity index is 1220. The summed E-state index contributed by atoms with van der Waals surface area (Å²) in [5.41, 5.74) is 6.57. The number of phenols is 1. The van der Waals surface area contributed by atoms with Crippen LogP contribution in [-0.2, 0) is 4.79 Å². The number of nitrogens with one attached hydrogen (secondary N) is 1. The highest BCUT2D eigenvalue weighted by molar-refractivity contribution is 6.01. The Morgan fingerprint density at radius 3 is 2.74 bits per heavy atom. The number of methoxy groups -OCH3 is 1. The number of aromatic nitrogens is 1. The molecule has 0 amide bonds. The van der Waals surface area contributed by atoms with Crippen molar-refractivity contribution in [3.05, 3.63) is 81.7 Å². The van der Waals surface area contributed by atoms with Crippen LogP contribution in [0.1, 0.15) is 52.6 Å². The summed E-state index contributed by atoms with van der Waals surface area (Å²) in [7, 11) is 1.52. The monoisotopic (exact) mass is 416 g/mol. The highest BCUT2D eigenvalue weighted by Crippen LogP contribution is 2.49. The maximum Gasteiger partial charge on any atom is 0.233 e. The molecule has 1 aliphatic carbocycles.